The van der Waals surface area contributed by atoms with Crippen molar-refractivity contribution in [1.29, 1.82) is 0 Å². The van der Waals surface area contributed by atoms with Crippen molar-refractivity contribution < 1.29 is 0 Å². The van der Waals surface area contributed by atoms with E-state index < -0.39 is 0 Å². The predicted molar refractivity (Wildman–Crippen MR) is 40.8 cm³/mol. The van der Waals surface area contributed by atoms with Crippen molar-refractivity contribution in [2.45, 2.75) is 13.5 Å². The summed E-state index contributed by atoms with van der Waals surface area (Å²) in [6.07, 6.45) is 0. The average Bonchev–Trinajstić information content (AvgIpc) is 2.17. The maximum atomic E-state index is 5.82. The van der Waals surface area contributed by atoms with Crippen molar-refractivity contribution in [2.75, 3.05) is 0 Å². The minimum Gasteiger partial charge on any atom is -0.325 e. The topological polar surface area (TPSA) is 43.8 Å². The van der Waals surface area contributed by atoms with Crippen molar-refractivity contribution in [3.05, 3.63) is 16.4 Å². The molecule has 0 atom stereocenters. The summed E-state index contributed by atoms with van der Waals surface area (Å²) >= 11 is 5.82. The first-order chi connectivity index (χ1) is 4.66. The third-order valence-corrected chi connectivity index (χ3v) is 2.02. The van der Waals surface area contributed by atoms with Gasteiger partial charge in [0, 0.05) is 19.2 Å². The summed E-state index contributed by atoms with van der Waals surface area (Å²) in [6.45, 7) is 2.37. The molecule has 0 bridgehead atoms. The molecule has 1 rings (SSSR count). The second-order valence-corrected chi connectivity index (χ2v) is 2.55. The molecule has 0 fully saturated rings. The maximum Gasteiger partial charge on any atom is 0.129 e. The zero-order valence-electron chi connectivity index (χ0n) is 6.06. The van der Waals surface area contributed by atoms with Crippen LogP contribution in [0.2, 0.25) is 5.15 Å². The molecule has 0 unspecified atom stereocenters. The van der Waals surface area contributed by atoms with Crippen LogP contribution in [0.5, 0.6) is 0 Å². The second-order valence-electron chi connectivity index (χ2n) is 2.19. The Morgan fingerprint density at radius 2 is 2.30 bits per heavy atom. The molecule has 4 heteroatoms. The van der Waals surface area contributed by atoms with Gasteiger partial charge in [0.05, 0.1) is 5.69 Å². The van der Waals surface area contributed by atoms with E-state index in [9.17, 15) is 0 Å². The summed E-state index contributed by atoms with van der Waals surface area (Å²) in [5.74, 6) is 0. The molecule has 56 valence electrons. The van der Waals surface area contributed by atoms with E-state index in [0.29, 0.717) is 11.7 Å². The standard InChI is InChI=1S/C6H10ClN3/c1-4-5(3-8)9-10(2)6(4)7/h3,8H2,1-2H3. The van der Waals surface area contributed by atoms with Crippen LogP contribution in [0, 0.1) is 6.92 Å². The van der Waals surface area contributed by atoms with Crippen LogP contribution in [0.15, 0.2) is 0 Å². The lowest BCUT2D eigenvalue weighted by atomic mass is 10.3. The molecule has 0 aliphatic carbocycles. The summed E-state index contributed by atoms with van der Waals surface area (Å²) in [5.41, 5.74) is 7.24. The zero-order valence-corrected chi connectivity index (χ0v) is 6.81. The van der Waals surface area contributed by atoms with E-state index in [1.165, 1.54) is 0 Å². The van der Waals surface area contributed by atoms with Gasteiger partial charge in [0.1, 0.15) is 5.15 Å². The molecule has 2 N–H and O–H groups in total. The lowest BCUT2D eigenvalue weighted by Crippen LogP contribution is -1.99. The highest BCUT2D eigenvalue weighted by Crippen LogP contribution is 2.16. The largest absolute Gasteiger partial charge is 0.325 e. The number of rotatable bonds is 1. The van der Waals surface area contributed by atoms with Crippen molar-refractivity contribution in [1.82, 2.24) is 9.78 Å². The van der Waals surface area contributed by atoms with E-state index in [1.807, 2.05) is 6.92 Å². The Morgan fingerprint density at radius 1 is 1.70 bits per heavy atom. The summed E-state index contributed by atoms with van der Waals surface area (Å²) in [4.78, 5) is 0. The van der Waals surface area contributed by atoms with Crippen LogP contribution < -0.4 is 5.73 Å². The van der Waals surface area contributed by atoms with Crippen LogP contribution in [0.25, 0.3) is 0 Å². The molecule has 0 spiro atoms. The Bertz CT molecular complexity index is 241. The molecule has 3 nitrogen and oxygen atoms in total. The molecule has 0 aromatic carbocycles. The lowest BCUT2D eigenvalue weighted by Gasteiger charge is -1.88. The van der Waals surface area contributed by atoms with E-state index in [-0.39, 0.29) is 0 Å². The van der Waals surface area contributed by atoms with Gasteiger partial charge in [0.25, 0.3) is 0 Å². The van der Waals surface area contributed by atoms with E-state index in [4.69, 9.17) is 17.3 Å². The molecule has 0 aliphatic rings. The maximum absolute atomic E-state index is 5.82. The van der Waals surface area contributed by atoms with Crippen molar-refractivity contribution >= 4 is 11.6 Å². The van der Waals surface area contributed by atoms with Gasteiger partial charge in [0.15, 0.2) is 0 Å². The van der Waals surface area contributed by atoms with Gasteiger partial charge in [-0.3, -0.25) is 4.68 Å². The normalized spacial score (nSPS) is 10.4. The molecule has 0 saturated heterocycles. The number of nitrogens with two attached hydrogens (primary N) is 1. The zero-order chi connectivity index (χ0) is 7.72. The Balaban J connectivity index is 3.17. The van der Waals surface area contributed by atoms with E-state index in [2.05, 4.69) is 5.10 Å². The van der Waals surface area contributed by atoms with Gasteiger partial charge in [0.2, 0.25) is 0 Å². The quantitative estimate of drug-likeness (QED) is 0.660. The average molecular weight is 160 g/mol. The SMILES string of the molecule is Cc1c(CN)nn(C)c1Cl. The fraction of sp³-hybridized carbons (Fsp3) is 0.500. The third kappa shape index (κ3) is 1.02. The third-order valence-electron chi connectivity index (χ3n) is 1.49. The Hall–Kier alpha value is -0.540. The van der Waals surface area contributed by atoms with Gasteiger partial charge >= 0.3 is 0 Å². The lowest BCUT2D eigenvalue weighted by molar-refractivity contribution is 0.743. The van der Waals surface area contributed by atoms with Gasteiger partial charge in [-0.2, -0.15) is 5.10 Å². The Kier molecular flexibility index (Phi) is 1.97. The highest BCUT2D eigenvalue weighted by Gasteiger charge is 2.06. The van der Waals surface area contributed by atoms with Crippen LogP contribution in [0.4, 0.5) is 0 Å². The summed E-state index contributed by atoms with van der Waals surface area (Å²) < 4.78 is 1.62. The minimum atomic E-state index is 0.451. The van der Waals surface area contributed by atoms with Gasteiger partial charge < -0.3 is 5.73 Å². The van der Waals surface area contributed by atoms with Crippen LogP contribution in [0.1, 0.15) is 11.3 Å². The first kappa shape index (κ1) is 7.57. The highest BCUT2D eigenvalue weighted by molar-refractivity contribution is 6.30. The predicted octanol–water partition coefficient (Wildman–Crippen LogP) is 0.841. The van der Waals surface area contributed by atoms with Crippen LogP contribution in [-0.4, -0.2) is 9.78 Å². The van der Waals surface area contributed by atoms with Crippen molar-refractivity contribution in [2.24, 2.45) is 12.8 Å². The molecule has 10 heavy (non-hydrogen) atoms. The number of hydrogen-bond acceptors (Lipinski definition) is 2. The molecule has 0 saturated carbocycles. The van der Waals surface area contributed by atoms with Crippen LogP contribution >= 0.6 is 11.6 Å². The van der Waals surface area contributed by atoms with Crippen molar-refractivity contribution in [3.8, 4) is 0 Å². The smallest absolute Gasteiger partial charge is 0.129 e. The summed E-state index contributed by atoms with van der Waals surface area (Å²) in [5, 5.41) is 4.76. The van der Waals surface area contributed by atoms with E-state index in [1.54, 1.807) is 11.7 Å². The molecular formula is C6H10ClN3. The Labute approximate surface area is 64.8 Å². The number of aromatic nitrogens is 2. The second kappa shape index (κ2) is 2.60. The first-order valence-electron chi connectivity index (χ1n) is 3.05. The molecule has 0 aliphatic heterocycles. The van der Waals surface area contributed by atoms with Crippen molar-refractivity contribution in [3.63, 3.8) is 0 Å². The van der Waals surface area contributed by atoms with E-state index in [0.717, 1.165) is 11.3 Å². The fourth-order valence-electron chi connectivity index (χ4n) is 0.856. The molecule has 1 aromatic rings. The van der Waals surface area contributed by atoms with E-state index >= 15 is 0 Å². The number of nitrogens with zero attached hydrogens (tertiary/aromatic N) is 2. The van der Waals surface area contributed by atoms with Crippen LogP contribution in [0.3, 0.4) is 0 Å². The molecule has 1 aromatic heterocycles. The summed E-state index contributed by atoms with van der Waals surface area (Å²) in [7, 11) is 1.80. The minimum absolute atomic E-state index is 0.451. The number of halogens is 1. The highest BCUT2D eigenvalue weighted by atomic mass is 35.5. The number of hydrogen-bond donors (Lipinski definition) is 1. The number of aryl methyl sites for hydroxylation is 1. The molecule has 1 heterocycles. The molecule has 0 radical (unpaired) electrons. The molecule has 0 amide bonds. The van der Waals surface area contributed by atoms with Crippen LogP contribution in [-0.2, 0) is 13.6 Å². The van der Waals surface area contributed by atoms with Gasteiger partial charge in [-0.1, -0.05) is 11.6 Å². The fourth-order valence-corrected chi connectivity index (χ4v) is 1.00. The summed E-state index contributed by atoms with van der Waals surface area (Å²) in [6, 6.07) is 0. The first-order valence-corrected chi connectivity index (χ1v) is 3.42. The van der Waals surface area contributed by atoms with Gasteiger partial charge in [-0.15, -0.1) is 0 Å². The van der Waals surface area contributed by atoms with Gasteiger partial charge in [-0.25, -0.2) is 0 Å². The monoisotopic (exact) mass is 159 g/mol. The van der Waals surface area contributed by atoms with Gasteiger partial charge in [-0.05, 0) is 6.92 Å². The Morgan fingerprint density at radius 3 is 2.50 bits per heavy atom. The molecular weight excluding hydrogens is 150 g/mol.